The summed E-state index contributed by atoms with van der Waals surface area (Å²) in [5.41, 5.74) is 5.29. The van der Waals surface area contributed by atoms with E-state index in [1.54, 1.807) is 6.20 Å². The fourth-order valence-electron chi connectivity index (χ4n) is 4.09. The molecular weight excluding hydrogens is 418 g/mol. The molecule has 32 heavy (non-hydrogen) atoms. The Labute approximate surface area is 194 Å². The fraction of sp³-hybridized carbons (Fsp3) is 0.360. The number of anilines is 2. The molecule has 0 bridgehead atoms. The Morgan fingerprint density at radius 1 is 1.09 bits per heavy atom. The summed E-state index contributed by atoms with van der Waals surface area (Å²) in [5.74, 6) is 0.257. The maximum atomic E-state index is 12.7. The van der Waals surface area contributed by atoms with Gasteiger partial charge in [0.1, 0.15) is 0 Å². The first-order valence-electron chi connectivity index (χ1n) is 11.1. The van der Waals surface area contributed by atoms with Gasteiger partial charge < -0.3 is 15.5 Å². The second-order valence-electron chi connectivity index (χ2n) is 8.53. The van der Waals surface area contributed by atoms with Gasteiger partial charge in [-0.15, -0.1) is 0 Å². The zero-order valence-electron chi connectivity index (χ0n) is 19.0. The molecule has 0 atom stereocenters. The van der Waals surface area contributed by atoms with E-state index in [0.29, 0.717) is 11.8 Å². The number of imidazole rings is 1. The topological polar surface area (TPSA) is 62.2 Å². The van der Waals surface area contributed by atoms with Crippen LogP contribution in [0.4, 0.5) is 11.4 Å². The van der Waals surface area contributed by atoms with Gasteiger partial charge in [0.25, 0.3) is 0 Å². The maximum Gasteiger partial charge on any atom is 0.234 e. The number of rotatable bonds is 7. The van der Waals surface area contributed by atoms with E-state index in [9.17, 15) is 4.79 Å². The molecule has 0 saturated carbocycles. The van der Waals surface area contributed by atoms with Crippen LogP contribution < -0.4 is 10.6 Å². The lowest BCUT2D eigenvalue weighted by molar-refractivity contribution is -0.113. The van der Waals surface area contributed by atoms with E-state index in [-0.39, 0.29) is 5.91 Å². The minimum absolute atomic E-state index is 0.0393. The summed E-state index contributed by atoms with van der Waals surface area (Å²) in [6.07, 6.45) is 5.93. The molecule has 0 aliphatic carbocycles. The van der Waals surface area contributed by atoms with Crippen molar-refractivity contribution in [1.82, 2.24) is 14.5 Å². The minimum atomic E-state index is -0.0393. The summed E-state index contributed by atoms with van der Waals surface area (Å²) in [6.45, 7) is 6.36. The summed E-state index contributed by atoms with van der Waals surface area (Å²) in [6, 6.07) is 14.8. The van der Waals surface area contributed by atoms with E-state index in [1.807, 2.05) is 35.0 Å². The molecule has 2 N–H and O–H groups in total. The van der Waals surface area contributed by atoms with Crippen LogP contribution in [-0.2, 0) is 4.79 Å². The molecule has 1 aromatic heterocycles. The number of nitrogens with zero attached hydrogens (tertiary/aromatic N) is 3. The number of piperidine rings is 1. The highest BCUT2D eigenvalue weighted by Crippen LogP contribution is 2.26. The molecule has 1 fully saturated rings. The van der Waals surface area contributed by atoms with E-state index >= 15 is 0 Å². The number of thioether (sulfide) groups is 1. The second-order valence-corrected chi connectivity index (χ2v) is 9.47. The third-order valence-electron chi connectivity index (χ3n) is 5.70. The predicted molar refractivity (Wildman–Crippen MR) is 133 cm³/mol. The van der Waals surface area contributed by atoms with Gasteiger partial charge in [0.15, 0.2) is 5.16 Å². The van der Waals surface area contributed by atoms with Crippen molar-refractivity contribution < 1.29 is 4.79 Å². The van der Waals surface area contributed by atoms with Crippen LogP contribution in [0.5, 0.6) is 0 Å². The van der Waals surface area contributed by atoms with Gasteiger partial charge in [-0.2, -0.15) is 0 Å². The third-order valence-corrected chi connectivity index (χ3v) is 6.67. The summed E-state index contributed by atoms with van der Waals surface area (Å²) in [5, 5.41) is 7.51. The number of benzene rings is 2. The van der Waals surface area contributed by atoms with Gasteiger partial charge in [-0.05, 0) is 82.2 Å². The number of aryl methyl sites for hydroxylation is 2. The highest BCUT2D eigenvalue weighted by atomic mass is 32.2. The van der Waals surface area contributed by atoms with Crippen LogP contribution in [0.1, 0.15) is 24.0 Å². The lowest BCUT2D eigenvalue weighted by Gasteiger charge is -2.30. The number of amides is 1. The Kier molecular flexibility index (Phi) is 7.17. The van der Waals surface area contributed by atoms with E-state index in [0.717, 1.165) is 48.1 Å². The fourth-order valence-corrected chi connectivity index (χ4v) is 4.86. The lowest BCUT2D eigenvalue weighted by Crippen LogP contribution is -2.36. The van der Waals surface area contributed by atoms with Crippen LogP contribution in [0.2, 0.25) is 0 Å². The highest BCUT2D eigenvalue weighted by Gasteiger charge is 2.18. The maximum absolute atomic E-state index is 12.7. The van der Waals surface area contributed by atoms with Crippen molar-refractivity contribution in [2.75, 3.05) is 36.5 Å². The Hall–Kier alpha value is -2.77. The van der Waals surface area contributed by atoms with Gasteiger partial charge >= 0.3 is 0 Å². The molecule has 168 valence electrons. The van der Waals surface area contributed by atoms with Crippen LogP contribution in [0.3, 0.4) is 0 Å². The third kappa shape index (κ3) is 5.72. The number of nitrogens with one attached hydrogen (secondary N) is 2. The number of carbonyl (C=O) groups excluding carboxylic acids is 1. The smallest absolute Gasteiger partial charge is 0.234 e. The monoisotopic (exact) mass is 449 g/mol. The molecule has 1 aliphatic heterocycles. The molecule has 2 heterocycles. The summed E-state index contributed by atoms with van der Waals surface area (Å²) >= 11 is 1.44. The Bertz CT molecular complexity index is 1050. The molecule has 0 spiro atoms. The van der Waals surface area contributed by atoms with Gasteiger partial charge in [-0.1, -0.05) is 30.0 Å². The first kappa shape index (κ1) is 22.4. The van der Waals surface area contributed by atoms with Gasteiger partial charge in [-0.25, -0.2) is 4.98 Å². The molecule has 0 unspecified atom stereocenters. The molecule has 0 radical (unpaired) electrons. The van der Waals surface area contributed by atoms with Crippen LogP contribution in [0, 0.1) is 13.8 Å². The molecule has 2 aromatic carbocycles. The first-order valence-corrected chi connectivity index (χ1v) is 12.1. The molecule has 7 heteroatoms. The van der Waals surface area contributed by atoms with Crippen molar-refractivity contribution in [2.45, 2.75) is 37.9 Å². The van der Waals surface area contributed by atoms with Crippen molar-refractivity contribution >= 4 is 29.0 Å². The van der Waals surface area contributed by atoms with Crippen LogP contribution in [0.25, 0.3) is 5.69 Å². The molecule has 1 aliphatic rings. The lowest BCUT2D eigenvalue weighted by atomic mass is 10.0. The van der Waals surface area contributed by atoms with Crippen LogP contribution in [-0.4, -0.2) is 52.3 Å². The summed E-state index contributed by atoms with van der Waals surface area (Å²) < 4.78 is 2.04. The van der Waals surface area contributed by atoms with Gasteiger partial charge in [-0.3, -0.25) is 9.36 Å². The Morgan fingerprint density at radius 3 is 2.50 bits per heavy atom. The average Bonchev–Trinajstić information content (AvgIpc) is 3.23. The number of carbonyl (C=O) groups is 1. The van der Waals surface area contributed by atoms with Crippen molar-refractivity contribution in [3.05, 3.63) is 66.0 Å². The molecule has 1 amide bonds. The quantitative estimate of drug-likeness (QED) is 0.511. The second kappa shape index (κ2) is 10.2. The molecule has 1 saturated heterocycles. The summed E-state index contributed by atoms with van der Waals surface area (Å²) in [7, 11) is 2.16. The van der Waals surface area contributed by atoms with Crippen molar-refractivity contribution in [3.63, 3.8) is 0 Å². The van der Waals surface area contributed by atoms with Crippen LogP contribution in [0.15, 0.2) is 60.0 Å². The SMILES string of the molecule is Cc1cc(C)cc(-n2ccnc2SCC(=O)Nc2ccccc2NC2CCN(C)CC2)c1. The number of aromatic nitrogens is 2. The average molecular weight is 450 g/mol. The zero-order valence-corrected chi connectivity index (χ0v) is 19.8. The van der Waals surface area contributed by atoms with Gasteiger partial charge in [0, 0.05) is 24.1 Å². The van der Waals surface area contributed by atoms with Crippen molar-refractivity contribution in [2.24, 2.45) is 0 Å². The first-order chi connectivity index (χ1) is 15.5. The van der Waals surface area contributed by atoms with Crippen molar-refractivity contribution in [3.8, 4) is 5.69 Å². The minimum Gasteiger partial charge on any atom is -0.381 e. The number of hydrogen-bond donors (Lipinski definition) is 2. The van der Waals surface area contributed by atoms with E-state index in [4.69, 9.17) is 0 Å². The molecular formula is C25H31N5OS. The number of para-hydroxylation sites is 2. The molecule has 4 rings (SSSR count). The van der Waals surface area contributed by atoms with Gasteiger partial charge in [0.2, 0.25) is 5.91 Å². The highest BCUT2D eigenvalue weighted by molar-refractivity contribution is 7.99. The normalized spacial score (nSPS) is 15.0. The van der Waals surface area contributed by atoms with E-state index < -0.39 is 0 Å². The van der Waals surface area contributed by atoms with E-state index in [1.165, 1.54) is 22.9 Å². The Morgan fingerprint density at radius 2 is 1.78 bits per heavy atom. The number of likely N-dealkylation sites (tertiary alicyclic amines) is 1. The van der Waals surface area contributed by atoms with Crippen LogP contribution >= 0.6 is 11.8 Å². The predicted octanol–water partition coefficient (Wildman–Crippen LogP) is 4.73. The van der Waals surface area contributed by atoms with Crippen molar-refractivity contribution in [1.29, 1.82) is 0 Å². The molecule has 6 nitrogen and oxygen atoms in total. The standard InChI is InChI=1S/C25H31N5OS/c1-18-14-19(2)16-21(15-18)30-13-10-26-25(30)32-17-24(31)28-23-7-5-4-6-22(23)27-20-8-11-29(3)12-9-20/h4-7,10,13-16,20,27H,8-9,11-12,17H2,1-3H3,(H,28,31). The molecule has 3 aromatic rings. The Balaban J connectivity index is 1.38. The van der Waals surface area contributed by atoms with E-state index in [2.05, 4.69) is 59.6 Å². The van der Waals surface area contributed by atoms with Gasteiger partial charge in [0.05, 0.1) is 17.1 Å². The number of hydrogen-bond acceptors (Lipinski definition) is 5. The summed E-state index contributed by atoms with van der Waals surface area (Å²) in [4.78, 5) is 19.6. The largest absolute Gasteiger partial charge is 0.381 e. The zero-order chi connectivity index (χ0) is 22.5.